The van der Waals surface area contributed by atoms with Crippen LogP contribution in [0.5, 0.6) is 11.6 Å². The van der Waals surface area contributed by atoms with Gasteiger partial charge in [0, 0.05) is 6.20 Å². The van der Waals surface area contributed by atoms with Crippen LogP contribution in [0, 0.1) is 6.92 Å². The number of benzene rings is 1. The quantitative estimate of drug-likeness (QED) is 0.779. The molecule has 0 unspecified atom stereocenters. The van der Waals surface area contributed by atoms with E-state index in [2.05, 4.69) is 15.0 Å². The van der Waals surface area contributed by atoms with Crippen molar-refractivity contribution in [2.45, 2.75) is 13.1 Å². The maximum absolute atomic E-state index is 12.8. The van der Waals surface area contributed by atoms with Crippen LogP contribution < -0.4 is 10.3 Å². The van der Waals surface area contributed by atoms with Gasteiger partial charge in [0.15, 0.2) is 5.82 Å². The highest BCUT2D eigenvalue weighted by atomic mass is 19.4. The zero-order valence-corrected chi connectivity index (χ0v) is 13.0. The molecule has 1 aromatic carbocycles. The molecule has 0 spiro atoms. The summed E-state index contributed by atoms with van der Waals surface area (Å²) in [6.07, 6.45) is -2.96. The molecule has 0 atom stereocenters. The number of alkyl halides is 3. The molecular formula is C17H12F3N3O2. The average molecular weight is 347 g/mol. The van der Waals surface area contributed by atoms with Crippen LogP contribution in [0.3, 0.4) is 0 Å². The van der Waals surface area contributed by atoms with Crippen LogP contribution >= 0.6 is 0 Å². The number of nitrogens with one attached hydrogen (secondary N) is 1. The summed E-state index contributed by atoms with van der Waals surface area (Å²) in [4.78, 5) is 22.9. The predicted molar refractivity (Wildman–Crippen MR) is 84.3 cm³/mol. The van der Waals surface area contributed by atoms with E-state index in [0.29, 0.717) is 5.69 Å². The molecule has 5 nitrogen and oxygen atoms in total. The molecule has 128 valence electrons. The lowest BCUT2D eigenvalue weighted by Gasteiger charge is -2.11. The lowest BCUT2D eigenvalue weighted by molar-refractivity contribution is -0.137. The first kappa shape index (κ1) is 16.7. The molecule has 0 saturated heterocycles. The molecule has 2 aromatic heterocycles. The normalized spacial score (nSPS) is 11.4. The van der Waals surface area contributed by atoms with Crippen molar-refractivity contribution in [2.75, 3.05) is 0 Å². The molecule has 25 heavy (non-hydrogen) atoms. The fourth-order valence-corrected chi connectivity index (χ4v) is 2.08. The van der Waals surface area contributed by atoms with Crippen LogP contribution in [0.25, 0.3) is 11.5 Å². The Kier molecular flexibility index (Phi) is 4.26. The van der Waals surface area contributed by atoms with Gasteiger partial charge in [-0.05, 0) is 37.3 Å². The minimum atomic E-state index is -4.49. The van der Waals surface area contributed by atoms with Crippen molar-refractivity contribution in [1.29, 1.82) is 0 Å². The molecule has 0 saturated carbocycles. The summed E-state index contributed by atoms with van der Waals surface area (Å²) in [5, 5.41) is 0. The second-order valence-electron chi connectivity index (χ2n) is 5.19. The average Bonchev–Trinajstić information content (AvgIpc) is 2.59. The number of nitrogens with zero attached hydrogens (tertiary/aromatic N) is 2. The summed E-state index contributed by atoms with van der Waals surface area (Å²) < 4.78 is 43.8. The Morgan fingerprint density at radius 2 is 1.92 bits per heavy atom. The van der Waals surface area contributed by atoms with E-state index in [1.54, 1.807) is 18.2 Å². The maximum atomic E-state index is 12.8. The van der Waals surface area contributed by atoms with Crippen LogP contribution in [-0.2, 0) is 6.18 Å². The number of H-pyrrole nitrogens is 1. The Morgan fingerprint density at radius 3 is 2.60 bits per heavy atom. The Bertz CT molecular complexity index is 953. The van der Waals surface area contributed by atoms with Crippen LogP contribution in [0.2, 0.25) is 0 Å². The Hall–Kier alpha value is -3.16. The highest BCUT2D eigenvalue weighted by molar-refractivity contribution is 5.50. The number of aromatic amines is 1. The molecule has 0 amide bonds. The van der Waals surface area contributed by atoms with Gasteiger partial charge in [0.05, 0.1) is 11.1 Å². The fraction of sp³-hybridized carbons (Fsp3) is 0.118. The van der Waals surface area contributed by atoms with Gasteiger partial charge in [0.1, 0.15) is 11.4 Å². The molecule has 3 aromatic rings. The van der Waals surface area contributed by atoms with E-state index >= 15 is 0 Å². The van der Waals surface area contributed by atoms with Crippen molar-refractivity contribution >= 4 is 0 Å². The number of ether oxygens (including phenoxy) is 1. The third-order valence-electron chi connectivity index (χ3n) is 3.39. The zero-order chi connectivity index (χ0) is 18.0. The zero-order valence-electron chi connectivity index (χ0n) is 13.0. The van der Waals surface area contributed by atoms with E-state index in [4.69, 9.17) is 4.74 Å². The van der Waals surface area contributed by atoms with Gasteiger partial charge < -0.3 is 9.72 Å². The number of rotatable bonds is 3. The molecule has 0 aliphatic carbocycles. The molecule has 2 heterocycles. The molecule has 0 fully saturated rings. The SMILES string of the molecule is Cc1c(Oc2cccc(C(F)(F)F)c2)nc(-c2ccccn2)[nH]c1=O. The van der Waals surface area contributed by atoms with Gasteiger partial charge in [-0.3, -0.25) is 9.78 Å². The van der Waals surface area contributed by atoms with Gasteiger partial charge in [-0.2, -0.15) is 18.2 Å². The van der Waals surface area contributed by atoms with Gasteiger partial charge in [-0.25, -0.2) is 0 Å². The number of pyridine rings is 1. The largest absolute Gasteiger partial charge is 0.438 e. The highest BCUT2D eigenvalue weighted by Gasteiger charge is 2.30. The van der Waals surface area contributed by atoms with Crippen molar-refractivity contribution in [1.82, 2.24) is 15.0 Å². The van der Waals surface area contributed by atoms with E-state index < -0.39 is 17.3 Å². The van der Waals surface area contributed by atoms with Crippen molar-refractivity contribution < 1.29 is 17.9 Å². The third kappa shape index (κ3) is 3.68. The number of halogens is 3. The minimum Gasteiger partial charge on any atom is -0.438 e. The molecule has 0 bridgehead atoms. The Labute approximate surface area is 140 Å². The Balaban J connectivity index is 2.01. The smallest absolute Gasteiger partial charge is 0.416 e. The molecule has 3 rings (SSSR count). The van der Waals surface area contributed by atoms with Crippen LogP contribution in [0.15, 0.2) is 53.5 Å². The van der Waals surface area contributed by atoms with E-state index in [9.17, 15) is 18.0 Å². The summed E-state index contributed by atoms with van der Waals surface area (Å²) in [7, 11) is 0. The van der Waals surface area contributed by atoms with Gasteiger partial charge in [0.25, 0.3) is 5.56 Å². The molecule has 1 N–H and O–H groups in total. The number of aromatic nitrogens is 3. The predicted octanol–water partition coefficient (Wildman–Crippen LogP) is 3.95. The maximum Gasteiger partial charge on any atom is 0.416 e. The molecule has 8 heteroatoms. The minimum absolute atomic E-state index is 0.0667. The second-order valence-corrected chi connectivity index (χ2v) is 5.19. The van der Waals surface area contributed by atoms with E-state index in [1.165, 1.54) is 25.3 Å². The summed E-state index contributed by atoms with van der Waals surface area (Å²) in [6, 6.07) is 9.43. The van der Waals surface area contributed by atoms with Gasteiger partial charge >= 0.3 is 6.18 Å². The highest BCUT2D eigenvalue weighted by Crippen LogP contribution is 2.32. The van der Waals surface area contributed by atoms with E-state index in [1.807, 2.05) is 0 Å². The number of hydrogen-bond acceptors (Lipinski definition) is 4. The van der Waals surface area contributed by atoms with Crippen molar-refractivity contribution in [3.05, 3.63) is 70.1 Å². The van der Waals surface area contributed by atoms with Crippen molar-refractivity contribution in [3.8, 4) is 23.1 Å². The van der Waals surface area contributed by atoms with Crippen LogP contribution in [-0.4, -0.2) is 15.0 Å². The number of hydrogen-bond donors (Lipinski definition) is 1. The van der Waals surface area contributed by atoms with Gasteiger partial charge in [-0.1, -0.05) is 12.1 Å². The summed E-state index contributed by atoms with van der Waals surface area (Å²) >= 11 is 0. The summed E-state index contributed by atoms with van der Waals surface area (Å²) in [5.41, 5.74) is -0.749. The standard InChI is InChI=1S/C17H12F3N3O2/c1-10-15(24)22-14(13-7-2-3-8-21-13)23-16(10)25-12-6-4-5-11(9-12)17(18,19)20/h2-9H,1H3,(H,22,23,24). The third-order valence-corrected chi connectivity index (χ3v) is 3.39. The summed E-state index contributed by atoms with van der Waals surface area (Å²) in [6.45, 7) is 1.47. The van der Waals surface area contributed by atoms with Crippen molar-refractivity contribution in [3.63, 3.8) is 0 Å². The first-order valence-corrected chi connectivity index (χ1v) is 7.22. The molecule has 0 radical (unpaired) electrons. The monoisotopic (exact) mass is 347 g/mol. The lowest BCUT2D eigenvalue weighted by atomic mass is 10.2. The van der Waals surface area contributed by atoms with Gasteiger partial charge in [-0.15, -0.1) is 0 Å². The van der Waals surface area contributed by atoms with Crippen LogP contribution in [0.4, 0.5) is 13.2 Å². The Morgan fingerprint density at radius 1 is 1.12 bits per heavy atom. The van der Waals surface area contributed by atoms with Crippen molar-refractivity contribution in [2.24, 2.45) is 0 Å². The molecule has 0 aliphatic heterocycles. The van der Waals surface area contributed by atoms with Crippen LogP contribution in [0.1, 0.15) is 11.1 Å². The first-order valence-electron chi connectivity index (χ1n) is 7.22. The summed E-state index contributed by atoms with van der Waals surface area (Å²) in [5.74, 6) is 0.0184. The fourth-order valence-electron chi connectivity index (χ4n) is 2.08. The molecule has 0 aliphatic rings. The lowest BCUT2D eigenvalue weighted by Crippen LogP contribution is -2.14. The van der Waals surface area contributed by atoms with E-state index in [-0.39, 0.29) is 23.0 Å². The second kappa shape index (κ2) is 6.39. The first-order chi connectivity index (χ1) is 11.8. The van der Waals surface area contributed by atoms with Gasteiger partial charge in [0.2, 0.25) is 5.88 Å². The topological polar surface area (TPSA) is 67.9 Å². The van der Waals surface area contributed by atoms with E-state index in [0.717, 1.165) is 12.1 Å². The molecular weight excluding hydrogens is 335 g/mol.